The summed E-state index contributed by atoms with van der Waals surface area (Å²) in [6, 6.07) is 0. The Balaban J connectivity index is 2.12. The number of hydrogen-bond donors (Lipinski definition) is 0. The Morgan fingerprint density at radius 1 is 1.35 bits per heavy atom. The van der Waals surface area contributed by atoms with Crippen LogP contribution in [0.15, 0.2) is 6.33 Å². The molecule has 1 aromatic heterocycles. The summed E-state index contributed by atoms with van der Waals surface area (Å²) in [4.78, 5) is 16.9. The molecule has 1 aromatic rings. The van der Waals surface area contributed by atoms with Crippen LogP contribution >= 0.6 is 0 Å². The Bertz CT molecular complexity index is 469. The molecular weight excluding hydrogens is 254 g/mol. The first-order chi connectivity index (χ1) is 9.38. The van der Waals surface area contributed by atoms with Crippen molar-refractivity contribution >= 4 is 5.78 Å². The summed E-state index contributed by atoms with van der Waals surface area (Å²) in [5.74, 6) is 0.852. The number of aromatic nitrogens is 3. The molecule has 2 rings (SSSR count). The van der Waals surface area contributed by atoms with Crippen LogP contribution in [-0.4, -0.2) is 32.8 Å². The molecule has 5 nitrogen and oxygen atoms in total. The van der Waals surface area contributed by atoms with Gasteiger partial charge in [-0.25, -0.2) is 4.98 Å². The molecular formula is C15H25N3O2. The van der Waals surface area contributed by atoms with E-state index in [4.69, 9.17) is 4.74 Å². The highest BCUT2D eigenvalue weighted by Crippen LogP contribution is 2.42. The molecule has 1 fully saturated rings. The second kappa shape index (κ2) is 5.64. The van der Waals surface area contributed by atoms with Crippen LogP contribution in [0.4, 0.5) is 0 Å². The van der Waals surface area contributed by atoms with Gasteiger partial charge in [0.25, 0.3) is 0 Å². The van der Waals surface area contributed by atoms with Crippen LogP contribution in [0.2, 0.25) is 0 Å². The van der Waals surface area contributed by atoms with Gasteiger partial charge in [-0.2, -0.15) is 5.10 Å². The largest absolute Gasteiger partial charge is 0.367 e. The first-order valence-corrected chi connectivity index (χ1v) is 7.39. The zero-order valence-electron chi connectivity index (χ0n) is 13.0. The van der Waals surface area contributed by atoms with Gasteiger partial charge in [0.05, 0.1) is 6.42 Å². The van der Waals surface area contributed by atoms with Gasteiger partial charge in [-0.15, -0.1) is 0 Å². The second-order valence-electron chi connectivity index (χ2n) is 6.49. The first kappa shape index (κ1) is 15.2. The fourth-order valence-electron chi connectivity index (χ4n) is 2.90. The molecule has 0 atom stereocenters. The van der Waals surface area contributed by atoms with Crippen LogP contribution in [0.25, 0.3) is 0 Å². The summed E-state index contributed by atoms with van der Waals surface area (Å²) in [5, 5.41) is 4.02. The van der Waals surface area contributed by atoms with Crippen molar-refractivity contribution in [2.45, 2.75) is 58.5 Å². The zero-order chi connectivity index (χ0) is 14.8. The van der Waals surface area contributed by atoms with Gasteiger partial charge >= 0.3 is 0 Å². The summed E-state index contributed by atoms with van der Waals surface area (Å²) in [7, 11) is 1.81. The van der Waals surface area contributed by atoms with Crippen molar-refractivity contribution in [2.75, 3.05) is 6.61 Å². The van der Waals surface area contributed by atoms with E-state index < -0.39 is 5.60 Å². The molecule has 1 heterocycles. The van der Waals surface area contributed by atoms with Gasteiger partial charge in [0.15, 0.2) is 5.78 Å². The van der Waals surface area contributed by atoms with Crippen molar-refractivity contribution in [3.63, 3.8) is 0 Å². The summed E-state index contributed by atoms with van der Waals surface area (Å²) >= 11 is 0. The minimum absolute atomic E-state index is 0.144. The molecule has 0 saturated heterocycles. The molecule has 0 spiro atoms. The number of rotatable bonds is 5. The van der Waals surface area contributed by atoms with Gasteiger partial charge in [-0.1, -0.05) is 13.8 Å². The highest BCUT2D eigenvalue weighted by molar-refractivity contribution is 5.88. The maximum atomic E-state index is 12.7. The third-order valence-electron chi connectivity index (χ3n) is 4.46. The number of hydrogen-bond acceptors (Lipinski definition) is 4. The quantitative estimate of drug-likeness (QED) is 0.830. The predicted octanol–water partition coefficient (Wildman–Crippen LogP) is 2.30. The smallest absolute Gasteiger partial charge is 0.172 e. The molecule has 0 N–H and O–H groups in total. The van der Waals surface area contributed by atoms with Gasteiger partial charge in [-0.05, 0) is 38.0 Å². The SMILES string of the molecule is CCOC1(C(=O)Cc2ncnn2C)CCC(C)(C)CC1. The standard InChI is InChI=1S/C15H25N3O2/c1-5-20-15(8-6-14(2,3)7-9-15)12(19)10-13-16-11-17-18(13)4/h11H,5-10H2,1-4H3. The van der Waals surface area contributed by atoms with E-state index in [0.717, 1.165) is 25.7 Å². The number of ether oxygens (including phenoxy) is 1. The number of Topliss-reactive ketones (excluding diaryl/α,β-unsaturated/α-hetero) is 1. The highest BCUT2D eigenvalue weighted by Gasteiger charge is 2.44. The lowest BCUT2D eigenvalue weighted by atomic mass is 9.69. The van der Waals surface area contributed by atoms with E-state index in [-0.39, 0.29) is 5.78 Å². The predicted molar refractivity (Wildman–Crippen MR) is 76.3 cm³/mol. The Morgan fingerprint density at radius 3 is 2.50 bits per heavy atom. The fraction of sp³-hybridized carbons (Fsp3) is 0.800. The third kappa shape index (κ3) is 3.08. The van der Waals surface area contributed by atoms with E-state index in [9.17, 15) is 4.79 Å². The maximum Gasteiger partial charge on any atom is 0.172 e. The lowest BCUT2D eigenvalue weighted by molar-refractivity contribution is -0.151. The minimum atomic E-state index is -0.615. The summed E-state index contributed by atoms with van der Waals surface area (Å²) < 4.78 is 7.56. The van der Waals surface area contributed by atoms with Crippen molar-refractivity contribution in [3.8, 4) is 0 Å². The molecule has 0 unspecified atom stereocenters. The fourth-order valence-corrected chi connectivity index (χ4v) is 2.90. The lowest BCUT2D eigenvalue weighted by Gasteiger charge is -2.42. The summed E-state index contributed by atoms with van der Waals surface area (Å²) in [5.41, 5.74) is -0.304. The van der Waals surface area contributed by atoms with E-state index in [2.05, 4.69) is 23.9 Å². The Labute approximate surface area is 120 Å². The highest BCUT2D eigenvalue weighted by atomic mass is 16.5. The normalized spacial score (nSPS) is 20.8. The minimum Gasteiger partial charge on any atom is -0.367 e. The van der Waals surface area contributed by atoms with E-state index in [1.54, 1.807) is 4.68 Å². The maximum absolute atomic E-state index is 12.7. The number of carbonyl (C=O) groups is 1. The summed E-state index contributed by atoms with van der Waals surface area (Å²) in [6.07, 6.45) is 5.46. The Kier molecular flexibility index (Phi) is 4.28. The van der Waals surface area contributed by atoms with Gasteiger partial charge in [0.1, 0.15) is 17.8 Å². The van der Waals surface area contributed by atoms with Crippen molar-refractivity contribution in [1.29, 1.82) is 0 Å². The molecule has 1 aliphatic rings. The van der Waals surface area contributed by atoms with Crippen LogP contribution < -0.4 is 0 Å². The number of ketones is 1. The lowest BCUT2D eigenvalue weighted by Crippen LogP contribution is -2.47. The van der Waals surface area contributed by atoms with Gasteiger partial charge in [0.2, 0.25) is 0 Å². The van der Waals surface area contributed by atoms with Crippen LogP contribution in [0.1, 0.15) is 52.3 Å². The van der Waals surface area contributed by atoms with Crippen LogP contribution in [0, 0.1) is 5.41 Å². The van der Waals surface area contributed by atoms with Crippen molar-refractivity contribution in [2.24, 2.45) is 12.5 Å². The molecule has 0 amide bonds. The molecule has 0 radical (unpaired) electrons. The van der Waals surface area contributed by atoms with E-state index in [1.165, 1.54) is 6.33 Å². The topological polar surface area (TPSA) is 57.0 Å². The molecule has 112 valence electrons. The molecule has 0 aliphatic heterocycles. The molecule has 1 saturated carbocycles. The van der Waals surface area contributed by atoms with Crippen LogP contribution in [0.3, 0.4) is 0 Å². The van der Waals surface area contributed by atoms with Crippen molar-refractivity contribution in [3.05, 3.63) is 12.2 Å². The Morgan fingerprint density at radius 2 is 2.00 bits per heavy atom. The zero-order valence-corrected chi connectivity index (χ0v) is 13.0. The summed E-state index contributed by atoms with van der Waals surface area (Å²) in [6.45, 7) is 7.05. The van der Waals surface area contributed by atoms with Crippen molar-refractivity contribution in [1.82, 2.24) is 14.8 Å². The molecule has 0 aromatic carbocycles. The van der Waals surface area contributed by atoms with Crippen molar-refractivity contribution < 1.29 is 9.53 Å². The van der Waals surface area contributed by atoms with Gasteiger partial charge < -0.3 is 4.74 Å². The van der Waals surface area contributed by atoms with E-state index in [1.807, 2.05) is 14.0 Å². The molecule has 20 heavy (non-hydrogen) atoms. The third-order valence-corrected chi connectivity index (χ3v) is 4.46. The average Bonchev–Trinajstić information content (AvgIpc) is 2.78. The monoisotopic (exact) mass is 279 g/mol. The molecule has 1 aliphatic carbocycles. The number of carbonyl (C=O) groups excluding carboxylic acids is 1. The average molecular weight is 279 g/mol. The van der Waals surface area contributed by atoms with Crippen LogP contribution in [0.5, 0.6) is 0 Å². The Hall–Kier alpha value is -1.23. The first-order valence-electron chi connectivity index (χ1n) is 7.39. The number of aryl methyl sites for hydroxylation is 1. The van der Waals surface area contributed by atoms with Crippen LogP contribution in [-0.2, 0) is 23.0 Å². The second-order valence-corrected chi connectivity index (χ2v) is 6.49. The van der Waals surface area contributed by atoms with E-state index in [0.29, 0.717) is 24.3 Å². The van der Waals surface area contributed by atoms with E-state index >= 15 is 0 Å². The van der Waals surface area contributed by atoms with Gasteiger partial charge in [0, 0.05) is 13.7 Å². The van der Waals surface area contributed by atoms with Gasteiger partial charge in [-0.3, -0.25) is 9.48 Å². The molecule has 5 heteroatoms. The molecule has 0 bridgehead atoms. The number of nitrogens with zero attached hydrogens (tertiary/aromatic N) is 3.